The zero-order valence-electron chi connectivity index (χ0n) is 19.6. The van der Waals surface area contributed by atoms with E-state index in [-0.39, 0.29) is 23.2 Å². The fourth-order valence-electron chi connectivity index (χ4n) is 4.16. The van der Waals surface area contributed by atoms with E-state index in [0.29, 0.717) is 47.9 Å². The quantitative estimate of drug-likeness (QED) is 0.412. The Labute approximate surface area is 207 Å². The number of rotatable bonds is 6. The van der Waals surface area contributed by atoms with Crippen LogP contribution in [0, 0.1) is 5.82 Å². The van der Waals surface area contributed by atoms with Crippen LogP contribution in [0.25, 0.3) is 16.8 Å². The molecule has 5 rings (SSSR count). The second-order valence-electron chi connectivity index (χ2n) is 8.64. The molecule has 1 amide bonds. The molecule has 1 aliphatic heterocycles. The molecule has 4 aromatic rings. The number of fused-ring (bicyclic) bond motifs is 1. The summed E-state index contributed by atoms with van der Waals surface area (Å²) in [5, 5.41) is 10.2. The van der Waals surface area contributed by atoms with Gasteiger partial charge in [0, 0.05) is 55.3 Å². The zero-order chi connectivity index (χ0) is 25.3. The average molecular weight is 509 g/mol. The van der Waals surface area contributed by atoms with Crippen LogP contribution in [0.3, 0.4) is 0 Å². The van der Waals surface area contributed by atoms with Crippen LogP contribution in [0.2, 0.25) is 0 Å². The number of carbonyl (C=O) groups excluding carboxylic acids is 1. The third-order valence-corrected chi connectivity index (χ3v) is 7.80. The van der Waals surface area contributed by atoms with Crippen LogP contribution >= 0.6 is 0 Å². The first kappa shape index (κ1) is 23.9. The highest BCUT2D eigenvalue weighted by molar-refractivity contribution is 7.91. The lowest BCUT2D eigenvalue weighted by Crippen LogP contribution is -2.39. The van der Waals surface area contributed by atoms with Crippen molar-refractivity contribution in [1.82, 2.24) is 24.8 Å². The summed E-state index contributed by atoms with van der Waals surface area (Å²) >= 11 is 0. The molecule has 0 saturated carbocycles. The van der Waals surface area contributed by atoms with Crippen molar-refractivity contribution in [2.24, 2.45) is 0 Å². The van der Waals surface area contributed by atoms with Crippen molar-refractivity contribution >= 4 is 33.0 Å². The Morgan fingerprint density at radius 1 is 1.08 bits per heavy atom. The summed E-state index contributed by atoms with van der Waals surface area (Å²) in [5.41, 5.74) is 3.74. The number of hydrogen-bond donors (Lipinski definition) is 2. The van der Waals surface area contributed by atoms with Crippen LogP contribution in [-0.4, -0.2) is 65.5 Å². The molecule has 2 aromatic carbocycles. The van der Waals surface area contributed by atoms with Crippen molar-refractivity contribution in [3.05, 3.63) is 77.7 Å². The summed E-state index contributed by atoms with van der Waals surface area (Å²) in [6, 6.07) is 15.7. The van der Waals surface area contributed by atoms with E-state index >= 15 is 4.39 Å². The Bertz CT molecular complexity index is 1520. The maximum absolute atomic E-state index is 15.0. The zero-order valence-corrected chi connectivity index (χ0v) is 20.4. The lowest BCUT2D eigenvalue weighted by Gasteiger charge is -2.26. The summed E-state index contributed by atoms with van der Waals surface area (Å²) in [6.45, 7) is 1.18. The molecule has 186 valence electrons. The SMILES string of the molecule is CNC(=O)c1ccc(Nc2nc3c(-c4ccc(CN5CCS(=O)(=O)CC5)c(F)c4)cccn3n2)cc1. The van der Waals surface area contributed by atoms with Gasteiger partial charge in [0.1, 0.15) is 5.82 Å². The Morgan fingerprint density at radius 3 is 2.53 bits per heavy atom. The molecular weight excluding hydrogens is 483 g/mol. The van der Waals surface area contributed by atoms with Gasteiger partial charge in [-0.1, -0.05) is 12.1 Å². The Morgan fingerprint density at radius 2 is 1.83 bits per heavy atom. The molecule has 0 bridgehead atoms. The topological polar surface area (TPSA) is 109 Å². The highest BCUT2D eigenvalue weighted by atomic mass is 32.2. The fraction of sp³-hybridized carbons (Fsp3) is 0.240. The lowest BCUT2D eigenvalue weighted by atomic mass is 10.0. The van der Waals surface area contributed by atoms with Crippen molar-refractivity contribution in [2.75, 3.05) is 37.0 Å². The predicted molar refractivity (Wildman–Crippen MR) is 135 cm³/mol. The second-order valence-corrected chi connectivity index (χ2v) is 10.9. The van der Waals surface area contributed by atoms with E-state index in [1.807, 2.05) is 23.1 Å². The van der Waals surface area contributed by atoms with Gasteiger partial charge in [-0.15, -0.1) is 5.10 Å². The number of hydrogen-bond acceptors (Lipinski definition) is 7. The first-order valence-corrected chi connectivity index (χ1v) is 13.3. The van der Waals surface area contributed by atoms with E-state index in [2.05, 4.69) is 20.7 Å². The van der Waals surface area contributed by atoms with Crippen LogP contribution in [0.5, 0.6) is 0 Å². The number of sulfone groups is 1. The summed E-state index contributed by atoms with van der Waals surface area (Å²) in [7, 11) is -1.40. The molecule has 1 aliphatic rings. The predicted octanol–water partition coefficient (Wildman–Crippen LogP) is 2.87. The van der Waals surface area contributed by atoms with Crippen molar-refractivity contribution < 1.29 is 17.6 Å². The molecule has 11 heteroatoms. The molecule has 2 N–H and O–H groups in total. The second kappa shape index (κ2) is 9.67. The maximum Gasteiger partial charge on any atom is 0.251 e. The van der Waals surface area contributed by atoms with E-state index in [4.69, 9.17) is 0 Å². The van der Waals surface area contributed by atoms with Gasteiger partial charge >= 0.3 is 0 Å². The van der Waals surface area contributed by atoms with Gasteiger partial charge in [-0.25, -0.2) is 17.3 Å². The number of halogens is 1. The van der Waals surface area contributed by atoms with Gasteiger partial charge in [-0.05, 0) is 48.0 Å². The van der Waals surface area contributed by atoms with Crippen LogP contribution in [0.1, 0.15) is 15.9 Å². The molecule has 0 unspecified atom stereocenters. The summed E-state index contributed by atoms with van der Waals surface area (Å²) in [5.74, 6) is 0.0650. The van der Waals surface area contributed by atoms with E-state index in [1.165, 1.54) is 6.07 Å². The lowest BCUT2D eigenvalue weighted by molar-refractivity contribution is 0.0963. The Kier molecular flexibility index (Phi) is 6.42. The normalized spacial score (nSPS) is 15.6. The van der Waals surface area contributed by atoms with Gasteiger partial charge in [0.05, 0.1) is 11.5 Å². The average Bonchev–Trinajstić information content (AvgIpc) is 3.29. The minimum Gasteiger partial charge on any atom is -0.355 e. The third-order valence-electron chi connectivity index (χ3n) is 6.19. The molecule has 1 saturated heterocycles. The first-order chi connectivity index (χ1) is 17.3. The summed E-state index contributed by atoms with van der Waals surface area (Å²) < 4.78 is 39.9. The number of amides is 1. The highest BCUT2D eigenvalue weighted by Crippen LogP contribution is 2.27. The van der Waals surface area contributed by atoms with Crippen molar-refractivity contribution in [3.8, 4) is 11.1 Å². The van der Waals surface area contributed by atoms with Crippen LogP contribution < -0.4 is 10.6 Å². The summed E-state index contributed by atoms with van der Waals surface area (Å²) in [6.07, 6.45) is 1.76. The van der Waals surface area contributed by atoms with Crippen LogP contribution in [-0.2, 0) is 16.4 Å². The van der Waals surface area contributed by atoms with Gasteiger partial charge in [-0.2, -0.15) is 4.98 Å². The molecule has 0 aliphatic carbocycles. The standard InChI is InChI=1S/C25H25FN6O3S/c1-27-24(33)17-6-8-20(9-7-17)28-25-29-23-21(3-2-10-32(23)30-25)18-4-5-19(22(26)15-18)16-31-11-13-36(34,35)14-12-31/h2-10,15H,11-14,16H2,1H3,(H,27,33)(H,28,30). The number of nitrogens with one attached hydrogen (secondary N) is 2. The smallest absolute Gasteiger partial charge is 0.251 e. The molecule has 36 heavy (non-hydrogen) atoms. The number of pyridine rings is 1. The van der Waals surface area contributed by atoms with E-state index < -0.39 is 9.84 Å². The Balaban J connectivity index is 1.36. The van der Waals surface area contributed by atoms with Gasteiger partial charge in [0.2, 0.25) is 5.95 Å². The number of anilines is 2. The minimum atomic E-state index is -2.98. The molecule has 3 heterocycles. The van der Waals surface area contributed by atoms with Crippen LogP contribution in [0.4, 0.5) is 16.0 Å². The number of nitrogens with zero attached hydrogens (tertiary/aromatic N) is 4. The van der Waals surface area contributed by atoms with E-state index in [1.54, 1.807) is 48.1 Å². The molecule has 0 spiro atoms. The van der Waals surface area contributed by atoms with Crippen molar-refractivity contribution in [3.63, 3.8) is 0 Å². The number of carbonyl (C=O) groups is 1. The third kappa shape index (κ3) is 5.07. The highest BCUT2D eigenvalue weighted by Gasteiger charge is 2.22. The molecular formula is C25H25FN6O3S. The largest absolute Gasteiger partial charge is 0.355 e. The van der Waals surface area contributed by atoms with E-state index in [0.717, 1.165) is 11.3 Å². The molecule has 1 fully saturated rings. The number of benzene rings is 2. The van der Waals surface area contributed by atoms with E-state index in [9.17, 15) is 13.2 Å². The molecule has 0 radical (unpaired) electrons. The fourth-order valence-corrected chi connectivity index (χ4v) is 5.43. The van der Waals surface area contributed by atoms with Gasteiger partial charge in [-0.3, -0.25) is 9.69 Å². The minimum absolute atomic E-state index is 0.107. The van der Waals surface area contributed by atoms with Crippen LogP contribution in [0.15, 0.2) is 60.8 Å². The van der Waals surface area contributed by atoms with Gasteiger partial charge in [0.25, 0.3) is 5.91 Å². The number of aromatic nitrogens is 3. The summed E-state index contributed by atoms with van der Waals surface area (Å²) in [4.78, 5) is 18.3. The maximum atomic E-state index is 15.0. The molecule has 9 nitrogen and oxygen atoms in total. The Hall–Kier alpha value is -3.83. The van der Waals surface area contributed by atoms with Crippen molar-refractivity contribution in [1.29, 1.82) is 0 Å². The molecule has 0 atom stereocenters. The first-order valence-electron chi connectivity index (χ1n) is 11.5. The monoisotopic (exact) mass is 508 g/mol. The van der Waals surface area contributed by atoms with Gasteiger partial charge < -0.3 is 10.6 Å². The van der Waals surface area contributed by atoms with Gasteiger partial charge in [0.15, 0.2) is 15.5 Å². The van der Waals surface area contributed by atoms with Crippen molar-refractivity contribution in [2.45, 2.75) is 6.54 Å². The molecule has 2 aromatic heterocycles.